The normalized spacial score (nSPS) is 22.0. The van der Waals surface area contributed by atoms with Crippen molar-refractivity contribution < 1.29 is 27.5 Å². The molecule has 4 rings (SSSR count). The van der Waals surface area contributed by atoms with Crippen LogP contribution in [0.15, 0.2) is 54.6 Å². The molecule has 2 N–H and O–H groups in total. The van der Waals surface area contributed by atoms with Gasteiger partial charge >= 0.3 is 6.03 Å². The molecule has 0 aliphatic carbocycles. The fourth-order valence-corrected chi connectivity index (χ4v) is 5.80. The Morgan fingerprint density at radius 1 is 1.00 bits per heavy atom. The number of sulfonamides is 1. The maximum absolute atomic E-state index is 12.8. The van der Waals surface area contributed by atoms with E-state index in [1.807, 2.05) is 54.6 Å². The number of rotatable bonds is 8. The van der Waals surface area contributed by atoms with Gasteiger partial charge in [0.1, 0.15) is 29.7 Å². The quantitative estimate of drug-likeness (QED) is 0.567. The van der Waals surface area contributed by atoms with Crippen molar-refractivity contribution in [2.24, 2.45) is 0 Å². The van der Waals surface area contributed by atoms with E-state index in [0.29, 0.717) is 25.2 Å². The van der Waals surface area contributed by atoms with Gasteiger partial charge in [0.15, 0.2) is 0 Å². The van der Waals surface area contributed by atoms with Crippen molar-refractivity contribution in [3.05, 3.63) is 60.2 Å². The number of nitrogens with zero attached hydrogens (tertiary/aromatic N) is 1. The van der Waals surface area contributed by atoms with Gasteiger partial charge in [-0.3, -0.25) is 10.1 Å². The third-order valence-electron chi connectivity index (χ3n) is 5.76. The van der Waals surface area contributed by atoms with Crippen molar-refractivity contribution in [1.82, 2.24) is 14.9 Å². The molecular weight excluding hydrogens is 446 g/mol. The number of ether oxygens (including phenoxy) is 2. The fourth-order valence-electron chi connectivity index (χ4n) is 3.91. The van der Waals surface area contributed by atoms with Gasteiger partial charge in [-0.1, -0.05) is 30.3 Å². The molecule has 2 aromatic carbocycles. The average molecular weight is 474 g/mol. The molecule has 0 unspecified atom stereocenters. The number of benzene rings is 2. The Bertz CT molecular complexity index is 1100. The Morgan fingerprint density at radius 2 is 1.64 bits per heavy atom. The summed E-state index contributed by atoms with van der Waals surface area (Å²) in [6.07, 6.45) is 0.944. The second-order valence-corrected chi connectivity index (χ2v) is 10.4. The molecule has 2 aromatic rings. The summed E-state index contributed by atoms with van der Waals surface area (Å²) in [6, 6.07) is 16.6. The van der Waals surface area contributed by atoms with Crippen LogP contribution < -0.4 is 20.1 Å². The minimum Gasteiger partial charge on any atom is -0.490 e. The van der Waals surface area contributed by atoms with Crippen molar-refractivity contribution >= 4 is 22.0 Å². The molecule has 2 fully saturated rings. The Balaban J connectivity index is 1.26. The molecule has 0 spiro atoms. The maximum atomic E-state index is 12.8. The molecule has 2 heterocycles. The van der Waals surface area contributed by atoms with Crippen molar-refractivity contribution in [3.63, 3.8) is 0 Å². The number of urea groups is 1. The highest BCUT2D eigenvalue weighted by Crippen LogP contribution is 2.25. The molecule has 9 nitrogen and oxygen atoms in total. The third-order valence-corrected chi connectivity index (χ3v) is 7.85. The molecule has 1 atom stereocenters. The molecule has 3 amide bonds. The fraction of sp³-hybridized carbons (Fsp3) is 0.391. The number of hydrogen-bond acceptors (Lipinski definition) is 6. The van der Waals surface area contributed by atoms with Crippen LogP contribution in [0.4, 0.5) is 4.79 Å². The molecule has 0 radical (unpaired) electrons. The smallest absolute Gasteiger partial charge is 0.322 e. The van der Waals surface area contributed by atoms with Gasteiger partial charge in [0.25, 0.3) is 5.91 Å². The molecule has 33 heavy (non-hydrogen) atoms. The lowest BCUT2D eigenvalue weighted by Crippen LogP contribution is -2.53. The summed E-state index contributed by atoms with van der Waals surface area (Å²) in [6.45, 7) is 2.47. The minimum atomic E-state index is -3.73. The first kappa shape index (κ1) is 23.1. The van der Waals surface area contributed by atoms with Gasteiger partial charge in [0, 0.05) is 13.1 Å². The second-order valence-electron chi connectivity index (χ2n) is 8.46. The van der Waals surface area contributed by atoms with Crippen LogP contribution in [-0.2, 0) is 21.4 Å². The van der Waals surface area contributed by atoms with E-state index in [2.05, 4.69) is 10.6 Å². The van der Waals surface area contributed by atoms with E-state index in [9.17, 15) is 18.0 Å². The monoisotopic (exact) mass is 473 g/mol. The van der Waals surface area contributed by atoms with Gasteiger partial charge in [-0.25, -0.2) is 17.5 Å². The Labute approximate surface area is 193 Å². The zero-order valence-electron chi connectivity index (χ0n) is 18.3. The first-order chi connectivity index (χ1) is 15.7. The molecule has 2 aliphatic heterocycles. The standard InChI is InChI=1S/C23H27N3O6S/c1-23(21(27)24-22(28)25-23)16-33(29,30)26-13-11-20(12-14-26)32-19-9-7-18(8-10-19)31-15-17-5-3-2-4-6-17/h2-10,20H,11-16H2,1H3,(H2,24,25,27,28)/t23-/m1/s1. The van der Waals surface area contributed by atoms with E-state index in [1.165, 1.54) is 11.2 Å². The average Bonchev–Trinajstić information content (AvgIpc) is 3.04. The van der Waals surface area contributed by atoms with Gasteiger partial charge in [-0.2, -0.15) is 0 Å². The lowest BCUT2D eigenvalue weighted by Gasteiger charge is -2.33. The van der Waals surface area contributed by atoms with Gasteiger partial charge in [-0.15, -0.1) is 0 Å². The third kappa shape index (κ3) is 5.63. The van der Waals surface area contributed by atoms with Crippen LogP contribution in [0.2, 0.25) is 0 Å². The molecule has 0 saturated carbocycles. The summed E-state index contributed by atoms with van der Waals surface area (Å²) in [4.78, 5) is 23.3. The van der Waals surface area contributed by atoms with Gasteiger partial charge in [-0.05, 0) is 49.6 Å². The first-order valence-electron chi connectivity index (χ1n) is 10.8. The van der Waals surface area contributed by atoms with Gasteiger partial charge in [0.05, 0.1) is 5.75 Å². The van der Waals surface area contributed by atoms with Gasteiger partial charge in [0.2, 0.25) is 10.0 Å². The zero-order chi connectivity index (χ0) is 23.5. The summed E-state index contributed by atoms with van der Waals surface area (Å²) in [5, 5.41) is 4.49. The minimum absolute atomic E-state index is 0.113. The highest BCUT2D eigenvalue weighted by atomic mass is 32.2. The highest BCUT2D eigenvalue weighted by molar-refractivity contribution is 7.89. The molecular formula is C23H27N3O6S. The summed E-state index contributed by atoms with van der Waals surface area (Å²) in [5.74, 6) is 0.323. The number of hydrogen-bond donors (Lipinski definition) is 2. The van der Waals surface area contributed by atoms with E-state index in [1.54, 1.807) is 0 Å². The Hall–Kier alpha value is -3.11. The SMILES string of the molecule is C[C@]1(CS(=O)(=O)N2CCC(Oc3ccc(OCc4ccccc4)cc3)CC2)NC(=O)NC1=O. The lowest BCUT2D eigenvalue weighted by atomic mass is 10.1. The Morgan fingerprint density at radius 3 is 2.24 bits per heavy atom. The molecule has 2 saturated heterocycles. The zero-order valence-corrected chi connectivity index (χ0v) is 19.1. The molecule has 0 aromatic heterocycles. The van der Waals surface area contributed by atoms with Crippen LogP contribution in [0, 0.1) is 0 Å². The van der Waals surface area contributed by atoms with Crippen LogP contribution in [0.5, 0.6) is 11.5 Å². The van der Waals surface area contributed by atoms with Crippen molar-refractivity contribution in [2.75, 3.05) is 18.8 Å². The summed E-state index contributed by atoms with van der Waals surface area (Å²) < 4.78 is 38.8. The summed E-state index contributed by atoms with van der Waals surface area (Å²) >= 11 is 0. The van der Waals surface area contributed by atoms with Crippen LogP contribution in [0.1, 0.15) is 25.3 Å². The summed E-state index contributed by atoms with van der Waals surface area (Å²) in [5.41, 5.74) is -0.377. The number of carbonyl (C=O) groups excluding carboxylic acids is 2. The van der Waals surface area contributed by atoms with Crippen LogP contribution >= 0.6 is 0 Å². The largest absolute Gasteiger partial charge is 0.490 e. The topological polar surface area (TPSA) is 114 Å². The van der Waals surface area contributed by atoms with E-state index in [4.69, 9.17) is 9.47 Å². The number of nitrogens with one attached hydrogen (secondary N) is 2. The van der Waals surface area contributed by atoms with E-state index in [-0.39, 0.29) is 19.2 Å². The Kier molecular flexibility index (Phi) is 6.57. The van der Waals surface area contributed by atoms with Crippen molar-refractivity contribution in [1.29, 1.82) is 0 Å². The van der Waals surface area contributed by atoms with E-state index >= 15 is 0 Å². The number of carbonyl (C=O) groups is 2. The predicted molar refractivity (Wildman–Crippen MR) is 121 cm³/mol. The highest BCUT2D eigenvalue weighted by Gasteiger charge is 2.46. The molecule has 2 aliphatic rings. The number of imide groups is 1. The van der Waals surface area contributed by atoms with Crippen molar-refractivity contribution in [2.45, 2.75) is 38.0 Å². The van der Waals surface area contributed by atoms with E-state index in [0.717, 1.165) is 11.3 Å². The second kappa shape index (κ2) is 9.40. The summed E-state index contributed by atoms with van der Waals surface area (Å²) in [7, 11) is -3.73. The van der Waals surface area contributed by atoms with Crippen LogP contribution in [0.3, 0.4) is 0 Å². The molecule has 176 valence electrons. The lowest BCUT2D eigenvalue weighted by molar-refractivity contribution is -0.122. The molecule has 10 heteroatoms. The predicted octanol–water partition coefficient (Wildman–Crippen LogP) is 2.04. The number of amides is 3. The van der Waals surface area contributed by atoms with Crippen molar-refractivity contribution in [3.8, 4) is 11.5 Å². The number of piperidine rings is 1. The van der Waals surface area contributed by atoms with Crippen LogP contribution in [0.25, 0.3) is 0 Å². The van der Waals surface area contributed by atoms with E-state index < -0.39 is 33.3 Å². The first-order valence-corrected chi connectivity index (χ1v) is 12.4. The van der Waals surface area contributed by atoms with Crippen LogP contribution in [-0.4, -0.2) is 55.1 Å². The maximum Gasteiger partial charge on any atom is 0.322 e. The molecule has 0 bridgehead atoms. The van der Waals surface area contributed by atoms with Gasteiger partial charge < -0.3 is 14.8 Å².